The van der Waals surface area contributed by atoms with E-state index in [4.69, 9.17) is 5.73 Å². The molecule has 4 nitrogen and oxygen atoms in total. The first-order valence-electron chi connectivity index (χ1n) is 8.52. The summed E-state index contributed by atoms with van der Waals surface area (Å²) in [5.41, 5.74) is 10.1. The van der Waals surface area contributed by atoms with Crippen LogP contribution in [0.1, 0.15) is 49.5 Å². The maximum absolute atomic E-state index is 12.6. The van der Waals surface area contributed by atoms with Gasteiger partial charge in [-0.2, -0.15) is 0 Å². The highest BCUT2D eigenvalue weighted by Crippen LogP contribution is 2.28. The van der Waals surface area contributed by atoms with Gasteiger partial charge in [0.15, 0.2) is 0 Å². The number of benzene rings is 2. The van der Waals surface area contributed by atoms with E-state index in [1.165, 1.54) is 5.56 Å². The molecular weight excluding hydrogens is 298 g/mol. The van der Waals surface area contributed by atoms with Gasteiger partial charge in [-0.1, -0.05) is 26.0 Å². The summed E-state index contributed by atoms with van der Waals surface area (Å²) in [7, 11) is 0. The summed E-state index contributed by atoms with van der Waals surface area (Å²) in [4.78, 5) is 14.8. The van der Waals surface area contributed by atoms with Crippen molar-refractivity contribution in [2.75, 3.05) is 29.0 Å². The summed E-state index contributed by atoms with van der Waals surface area (Å²) in [5.74, 6) is 0.328. The van der Waals surface area contributed by atoms with E-state index in [2.05, 4.69) is 37.9 Å². The Kier molecular flexibility index (Phi) is 5.85. The van der Waals surface area contributed by atoms with Crippen LogP contribution in [0.25, 0.3) is 0 Å². The minimum Gasteiger partial charge on any atom is -0.399 e. The Morgan fingerprint density at radius 3 is 2.25 bits per heavy atom. The van der Waals surface area contributed by atoms with Crippen molar-refractivity contribution in [2.45, 2.75) is 33.6 Å². The number of anilines is 3. The molecule has 2 rings (SSSR count). The van der Waals surface area contributed by atoms with Crippen molar-refractivity contribution in [3.63, 3.8) is 0 Å². The molecule has 24 heavy (non-hydrogen) atoms. The van der Waals surface area contributed by atoms with Gasteiger partial charge in [-0.3, -0.25) is 4.79 Å². The molecule has 0 aromatic heterocycles. The van der Waals surface area contributed by atoms with Gasteiger partial charge in [-0.15, -0.1) is 0 Å². The van der Waals surface area contributed by atoms with Crippen LogP contribution in [-0.2, 0) is 0 Å². The van der Waals surface area contributed by atoms with E-state index in [1.54, 1.807) is 0 Å². The first kappa shape index (κ1) is 17.9. The molecule has 4 heteroatoms. The lowest BCUT2D eigenvalue weighted by molar-refractivity contribution is 0.102. The van der Waals surface area contributed by atoms with E-state index in [9.17, 15) is 4.79 Å². The van der Waals surface area contributed by atoms with Crippen LogP contribution in [0.15, 0.2) is 42.5 Å². The second-order valence-electron chi connectivity index (χ2n) is 6.18. The van der Waals surface area contributed by atoms with Crippen LogP contribution in [0.2, 0.25) is 0 Å². The predicted octanol–water partition coefficient (Wildman–Crippen LogP) is 4.49. The number of nitrogen functional groups attached to an aromatic ring is 1. The number of carbonyl (C=O) groups is 1. The quantitative estimate of drug-likeness (QED) is 0.769. The molecule has 0 saturated carbocycles. The van der Waals surface area contributed by atoms with E-state index in [0.29, 0.717) is 17.2 Å². The highest BCUT2D eigenvalue weighted by Gasteiger charge is 2.13. The lowest BCUT2D eigenvalue weighted by Crippen LogP contribution is -2.24. The maximum Gasteiger partial charge on any atom is 0.255 e. The Morgan fingerprint density at radius 2 is 1.71 bits per heavy atom. The first-order valence-corrected chi connectivity index (χ1v) is 8.52. The zero-order valence-electron chi connectivity index (χ0n) is 15.0. The summed E-state index contributed by atoms with van der Waals surface area (Å²) in [5, 5.41) is 3.00. The lowest BCUT2D eigenvalue weighted by Gasteiger charge is -2.24. The number of amides is 1. The number of nitrogens with one attached hydrogen (secondary N) is 1. The summed E-state index contributed by atoms with van der Waals surface area (Å²) < 4.78 is 0. The van der Waals surface area contributed by atoms with Gasteiger partial charge in [0.25, 0.3) is 5.91 Å². The number of rotatable bonds is 6. The van der Waals surface area contributed by atoms with E-state index in [0.717, 1.165) is 24.5 Å². The third-order valence-electron chi connectivity index (χ3n) is 4.21. The first-order chi connectivity index (χ1) is 11.5. The number of nitrogens with zero attached hydrogens (tertiary/aromatic N) is 1. The molecule has 0 unspecified atom stereocenters. The van der Waals surface area contributed by atoms with E-state index < -0.39 is 0 Å². The van der Waals surface area contributed by atoms with Crippen LogP contribution in [0, 0.1) is 0 Å². The minimum atomic E-state index is -0.121. The van der Waals surface area contributed by atoms with Crippen molar-refractivity contribution in [1.29, 1.82) is 0 Å². The van der Waals surface area contributed by atoms with Crippen LogP contribution >= 0.6 is 0 Å². The fraction of sp³-hybridized carbons (Fsp3) is 0.350. The highest BCUT2D eigenvalue weighted by molar-refractivity contribution is 6.06. The fourth-order valence-electron chi connectivity index (χ4n) is 2.71. The monoisotopic (exact) mass is 325 g/mol. The Labute approximate surface area is 144 Å². The Bertz CT molecular complexity index is 689. The van der Waals surface area contributed by atoms with Crippen molar-refractivity contribution in [3.05, 3.63) is 53.6 Å². The van der Waals surface area contributed by atoms with Crippen molar-refractivity contribution < 1.29 is 4.79 Å². The molecule has 1 amide bonds. The normalized spacial score (nSPS) is 10.7. The molecule has 0 spiro atoms. The van der Waals surface area contributed by atoms with Gasteiger partial charge < -0.3 is 16.0 Å². The van der Waals surface area contributed by atoms with E-state index in [1.807, 2.05) is 42.5 Å². The molecule has 0 aliphatic carbocycles. The molecule has 3 N–H and O–H groups in total. The van der Waals surface area contributed by atoms with Gasteiger partial charge >= 0.3 is 0 Å². The third-order valence-corrected chi connectivity index (χ3v) is 4.21. The minimum absolute atomic E-state index is 0.121. The van der Waals surface area contributed by atoms with Crippen molar-refractivity contribution in [2.24, 2.45) is 0 Å². The predicted molar refractivity (Wildman–Crippen MR) is 103 cm³/mol. The second-order valence-corrected chi connectivity index (χ2v) is 6.18. The Hall–Kier alpha value is -2.49. The van der Waals surface area contributed by atoms with Crippen LogP contribution in [0.3, 0.4) is 0 Å². The van der Waals surface area contributed by atoms with E-state index in [-0.39, 0.29) is 5.91 Å². The average Bonchev–Trinajstić information content (AvgIpc) is 2.57. The van der Waals surface area contributed by atoms with Gasteiger partial charge in [0.2, 0.25) is 0 Å². The molecule has 0 fully saturated rings. The number of nitrogens with two attached hydrogens (primary N) is 1. The van der Waals surface area contributed by atoms with Crippen LogP contribution in [-0.4, -0.2) is 19.0 Å². The van der Waals surface area contributed by atoms with Crippen molar-refractivity contribution in [3.8, 4) is 0 Å². The molecule has 0 heterocycles. The van der Waals surface area contributed by atoms with Crippen molar-refractivity contribution >= 4 is 23.0 Å². The molecule has 0 radical (unpaired) electrons. The molecule has 2 aromatic carbocycles. The highest BCUT2D eigenvalue weighted by atomic mass is 16.1. The third kappa shape index (κ3) is 4.07. The molecule has 0 bridgehead atoms. The summed E-state index contributed by atoms with van der Waals surface area (Å²) in [6, 6.07) is 13.4. The number of carbonyl (C=O) groups excluding carboxylic acids is 1. The van der Waals surface area contributed by atoms with Gasteiger partial charge in [-0.25, -0.2) is 0 Å². The van der Waals surface area contributed by atoms with Gasteiger partial charge in [-0.05, 0) is 55.7 Å². The molecule has 128 valence electrons. The Balaban J connectivity index is 2.26. The van der Waals surface area contributed by atoms with E-state index >= 15 is 0 Å². The Morgan fingerprint density at radius 1 is 1.08 bits per heavy atom. The fourth-order valence-corrected chi connectivity index (χ4v) is 2.71. The molecular formula is C20H27N3O. The SMILES string of the molecule is CCN(CC)c1ccc(N)cc1NC(=O)c1ccc(C(C)C)cc1. The smallest absolute Gasteiger partial charge is 0.255 e. The molecule has 0 aliphatic heterocycles. The van der Waals surface area contributed by atoms with Crippen LogP contribution in [0.4, 0.5) is 17.1 Å². The summed E-state index contributed by atoms with van der Waals surface area (Å²) in [6.45, 7) is 10.2. The molecule has 0 aliphatic rings. The number of hydrogen-bond donors (Lipinski definition) is 2. The zero-order chi connectivity index (χ0) is 17.7. The lowest BCUT2D eigenvalue weighted by atomic mass is 10.0. The largest absolute Gasteiger partial charge is 0.399 e. The topological polar surface area (TPSA) is 58.4 Å². The van der Waals surface area contributed by atoms with Crippen LogP contribution in [0.5, 0.6) is 0 Å². The summed E-state index contributed by atoms with van der Waals surface area (Å²) in [6.07, 6.45) is 0. The molecule has 0 saturated heterocycles. The summed E-state index contributed by atoms with van der Waals surface area (Å²) >= 11 is 0. The number of hydrogen-bond acceptors (Lipinski definition) is 3. The van der Waals surface area contributed by atoms with Crippen LogP contribution < -0.4 is 16.0 Å². The van der Waals surface area contributed by atoms with Gasteiger partial charge in [0, 0.05) is 24.3 Å². The molecule has 0 atom stereocenters. The maximum atomic E-state index is 12.6. The van der Waals surface area contributed by atoms with Gasteiger partial charge in [0.05, 0.1) is 11.4 Å². The zero-order valence-corrected chi connectivity index (χ0v) is 15.0. The van der Waals surface area contributed by atoms with Crippen molar-refractivity contribution in [1.82, 2.24) is 0 Å². The second kappa shape index (κ2) is 7.86. The standard InChI is InChI=1S/C20H27N3O/c1-5-23(6-2)19-12-11-17(21)13-18(19)22-20(24)16-9-7-15(8-10-16)14(3)4/h7-14H,5-6,21H2,1-4H3,(H,22,24). The van der Waals surface area contributed by atoms with Gasteiger partial charge in [0.1, 0.15) is 0 Å². The average molecular weight is 325 g/mol. The molecule has 2 aromatic rings.